The van der Waals surface area contributed by atoms with Gasteiger partial charge < -0.3 is 13.7 Å². The molecule has 0 amide bonds. The summed E-state index contributed by atoms with van der Waals surface area (Å²) in [5, 5.41) is 7.69. The average molecular weight is 658 g/mol. The van der Waals surface area contributed by atoms with E-state index in [1.165, 1.54) is 82.2 Å². The molecule has 1 aliphatic heterocycles. The number of aromatic nitrogens is 1. The molecule has 0 atom stereocenters. The quantitative estimate of drug-likeness (QED) is 0.177. The predicted octanol–water partition coefficient (Wildman–Crippen LogP) is 10.7. The summed E-state index contributed by atoms with van der Waals surface area (Å²) in [4.78, 5) is 0. The molecular formula is C47H36BNO2. The predicted molar refractivity (Wildman–Crippen MR) is 212 cm³/mol. The van der Waals surface area contributed by atoms with E-state index in [1.54, 1.807) is 0 Å². The van der Waals surface area contributed by atoms with Crippen LogP contribution in [-0.2, 0) is 14.7 Å². The summed E-state index contributed by atoms with van der Waals surface area (Å²) in [5.41, 5.74) is 11.0. The van der Waals surface area contributed by atoms with Crippen molar-refractivity contribution >= 4 is 61.4 Å². The Morgan fingerprint density at radius 3 is 1.76 bits per heavy atom. The molecule has 1 saturated heterocycles. The van der Waals surface area contributed by atoms with E-state index in [9.17, 15) is 0 Å². The Bertz CT molecular complexity index is 2810. The van der Waals surface area contributed by atoms with Crippen molar-refractivity contribution < 1.29 is 9.31 Å². The zero-order valence-electron chi connectivity index (χ0n) is 29.2. The van der Waals surface area contributed by atoms with Crippen LogP contribution >= 0.6 is 0 Å². The highest BCUT2D eigenvalue weighted by Crippen LogP contribution is 2.57. The Kier molecular flexibility index (Phi) is 5.68. The molecule has 11 rings (SSSR count). The molecule has 4 heteroatoms. The van der Waals surface area contributed by atoms with Gasteiger partial charge in [0.1, 0.15) is 0 Å². The number of para-hydroxylation sites is 2. The fourth-order valence-corrected chi connectivity index (χ4v) is 9.30. The van der Waals surface area contributed by atoms with Crippen molar-refractivity contribution in [1.82, 2.24) is 4.40 Å². The van der Waals surface area contributed by atoms with Crippen LogP contribution in [0.15, 0.2) is 146 Å². The summed E-state index contributed by atoms with van der Waals surface area (Å²) in [5.74, 6) is 0. The lowest BCUT2D eigenvalue weighted by Gasteiger charge is -2.34. The molecule has 7 aromatic carbocycles. The first-order valence-corrected chi connectivity index (χ1v) is 18.0. The Labute approximate surface area is 297 Å². The van der Waals surface area contributed by atoms with Gasteiger partial charge in [-0.1, -0.05) is 115 Å². The van der Waals surface area contributed by atoms with E-state index in [4.69, 9.17) is 9.31 Å². The van der Waals surface area contributed by atoms with Crippen LogP contribution in [0.4, 0.5) is 0 Å². The van der Waals surface area contributed by atoms with Crippen molar-refractivity contribution in [3.8, 4) is 11.1 Å². The first kappa shape index (κ1) is 29.3. The van der Waals surface area contributed by atoms with Crippen LogP contribution in [0.25, 0.3) is 60.0 Å². The zero-order valence-corrected chi connectivity index (χ0v) is 29.2. The summed E-state index contributed by atoms with van der Waals surface area (Å²) < 4.78 is 15.7. The Hall–Kier alpha value is -5.42. The second-order valence-electron chi connectivity index (χ2n) is 15.5. The van der Waals surface area contributed by atoms with E-state index >= 15 is 0 Å². The van der Waals surface area contributed by atoms with E-state index in [0.717, 1.165) is 5.46 Å². The molecule has 2 aromatic heterocycles. The fraction of sp³-hybridized carbons (Fsp3) is 0.149. The van der Waals surface area contributed by atoms with Crippen LogP contribution in [0.5, 0.6) is 0 Å². The van der Waals surface area contributed by atoms with Crippen molar-refractivity contribution in [2.75, 3.05) is 0 Å². The minimum absolute atomic E-state index is 0.428. The second kappa shape index (κ2) is 9.88. The highest BCUT2D eigenvalue weighted by molar-refractivity contribution is 6.62. The molecule has 0 N–H and O–H groups in total. The topological polar surface area (TPSA) is 22.9 Å². The zero-order chi connectivity index (χ0) is 34.3. The molecule has 3 nitrogen and oxygen atoms in total. The average Bonchev–Trinajstić information content (AvgIpc) is 3.82. The number of hydrogen-bond acceptors (Lipinski definition) is 2. The third-order valence-corrected chi connectivity index (χ3v) is 12.4. The molecular weight excluding hydrogens is 621 g/mol. The van der Waals surface area contributed by atoms with Crippen LogP contribution in [0.2, 0.25) is 0 Å². The van der Waals surface area contributed by atoms with Crippen molar-refractivity contribution in [3.05, 3.63) is 168 Å². The van der Waals surface area contributed by atoms with Crippen molar-refractivity contribution in [2.24, 2.45) is 0 Å². The van der Waals surface area contributed by atoms with Gasteiger partial charge in [-0.3, -0.25) is 0 Å². The van der Waals surface area contributed by atoms with E-state index < -0.39 is 23.7 Å². The first-order valence-electron chi connectivity index (χ1n) is 18.0. The maximum absolute atomic E-state index is 6.63. The van der Waals surface area contributed by atoms with E-state index in [0.29, 0.717) is 0 Å². The highest BCUT2D eigenvalue weighted by Gasteiger charge is 2.53. The molecule has 1 fully saturated rings. The van der Waals surface area contributed by atoms with Crippen LogP contribution < -0.4 is 5.46 Å². The summed E-state index contributed by atoms with van der Waals surface area (Å²) in [6.45, 7) is 8.49. The Morgan fingerprint density at radius 1 is 0.471 bits per heavy atom. The van der Waals surface area contributed by atoms with Gasteiger partial charge in [-0.05, 0) is 108 Å². The molecule has 0 saturated carbocycles. The van der Waals surface area contributed by atoms with Gasteiger partial charge in [0.2, 0.25) is 0 Å². The van der Waals surface area contributed by atoms with Gasteiger partial charge in [0.25, 0.3) is 0 Å². The van der Waals surface area contributed by atoms with E-state index in [2.05, 4.69) is 178 Å². The van der Waals surface area contributed by atoms with Crippen LogP contribution in [-0.4, -0.2) is 22.7 Å². The standard InChI is InChI=1S/C47H36BNO2/c1-45(2)46(3,4)51-48(50-45)33-22-23-34-38-24-29-25-39-37-20-13-19-36-35-18-11-12-21-42(35)49(44(36)37)43(39)27-30(29)26-40(38)47(41(34)28-33,31-14-7-5-8-15-31)32-16-9-6-10-17-32/h5-28H,1-4H3. The summed E-state index contributed by atoms with van der Waals surface area (Å²) in [6, 6.07) is 54.3. The summed E-state index contributed by atoms with van der Waals surface area (Å²) >= 11 is 0. The fourth-order valence-electron chi connectivity index (χ4n) is 9.30. The molecule has 0 radical (unpaired) electrons. The van der Waals surface area contributed by atoms with Gasteiger partial charge in [0.15, 0.2) is 0 Å². The molecule has 2 aliphatic rings. The van der Waals surface area contributed by atoms with Gasteiger partial charge >= 0.3 is 7.12 Å². The second-order valence-corrected chi connectivity index (χ2v) is 15.5. The first-order chi connectivity index (χ1) is 24.8. The van der Waals surface area contributed by atoms with Gasteiger partial charge in [0.05, 0.1) is 33.2 Å². The lowest BCUT2D eigenvalue weighted by atomic mass is 9.66. The van der Waals surface area contributed by atoms with Crippen LogP contribution in [0, 0.1) is 0 Å². The lowest BCUT2D eigenvalue weighted by Crippen LogP contribution is -2.41. The maximum atomic E-state index is 6.63. The highest BCUT2D eigenvalue weighted by atomic mass is 16.7. The van der Waals surface area contributed by atoms with Crippen LogP contribution in [0.1, 0.15) is 49.9 Å². The Morgan fingerprint density at radius 2 is 1.06 bits per heavy atom. The van der Waals surface area contributed by atoms with Crippen LogP contribution in [0.3, 0.4) is 0 Å². The molecule has 9 aromatic rings. The number of benzene rings is 7. The molecule has 244 valence electrons. The SMILES string of the molecule is CC1(C)OB(c2ccc3c(c2)C(c2ccccc2)(c2ccccc2)c2cc4cc5c(cc4cc2-3)c2cccc3c4ccccc4n5c32)OC1(C)C. The molecule has 3 heterocycles. The summed E-state index contributed by atoms with van der Waals surface area (Å²) in [7, 11) is -0.455. The van der Waals surface area contributed by atoms with E-state index in [1.807, 2.05) is 0 Å². The minimum Gasteiger partial charge on any atom is -0.399 e. The third-order valence-electron chi connectivity index (χ3n) is 12.4. The third kappa shape index (κ3) is 3.71. The minimum atomic E-state index is -0.545. The molecule has 51 heavy (non-hydrogen) atoms. The Balaban J connectivity index is 1.24. The van der Waals surface area contributed by atoms with Crippen molar-refractivity contribution in [3.63, 3.8) is 0 Å². The molecule has 1 aliphatic carbocycles. The number of nitrogens with zero attached hydrogens (tertiary/aromatic N) is 1. The van der Waals surface area contributed by atoms with Gasteiger partial charge in [-0.25, -0.2) is 0 Å². The largest absolute Gasteiger partial charge is 0.494 e. The smallest absolute Gasteiger partial charge is 0.399 e. The number of rotatable bonds is 3. The lowest BCUT2D eigenvalue weighted by molar-refractivity contribution is 0.00578. The van der Waals surface area contributed by atoms with Crippen molar-refractivity contribution in [2.45, 2.75) is 44.3 Å². The number of hydrogen-bond donors (Lipinski definition) is 0. The monoisotopic (exact) mass is 657 g/mol. The van der Waals surface area contributed by atoms with Gasteiger partial charge in [0, 0.05) is 21.5 Å². The normalized spacial score (nSPS) is 17.3. The summed E-state index contributed by atoms with van der Waals surface area (Å²) in [6.07, 6.45) is 0. The number of fused-ring (bicyclic) bond motifs is 10. The van der Waals surface area contributed by atoms with Gasteiger partial charge in [-0.15, -0.1) is 0 Å². The molecule has 0 spiro atoms. The molecule has 0 unspecified atom stereocenters. The van der Waals surface area contributed by atoms with Crippen molar-refractivity contribution in [1.29, 1.82) is 0 Å². The maximum Gasteiger partial charge on any atom is 0.494 e. The molecule has 0 bridgehead atoms. The van der Waals surface area contributed by atoms with Gasteiger partial charge in [-0.2, -0.15) is 0 Å². The van der Waals surface area contributed by atoms with E-state index in [-0.39, 0.29) is 0 Å².